The molecule has 0 saturated heterocycles. The third kappa shape index (κ3) is 3.78. The van der Waals surface area contributed by atoms with E-state index in [9.17, 15) is 9.18 Å². The lowest BCUT2D eigenvalue weighted by atomic mass is 10.3. The first-order chi connectivity index (χ1) is 9.06. The summed E-state index contributed by atoms with van der Waals surface area (Å²) >= 11 is 4.65. The average Bonchev–Trinajstić information content (AvgIpc) is 2.77. The number of carbonyl (C=O) groups is 1. The molecule has 1 heterocycles. The van der Waals surface area contributed by atoms with Crippen LogP contribution in [0, 0.1) is 5.82 Å². The lowest BCUT2D eigenvalue weighted by Gasteiger charge is -2.08. The number of carbonyl (C=O) groups excluding carboxylic acids is 1. The monoisotopic (exact) mass is 342 g/mol. The van der Waals surface area contributed by atoms with Crippen LogP contribution in [0.3, 0.4) is 0 Å². The second kappa shape index (κ2) is 6.16. The minimum atomic E-state index is -0.307. The Balaban J connectivity index is 2.04. The van der Waals surface area contributed by atoms with Gasteiger partial charge in [-0.25, -0.2) is 4.39 Å². The molecule has 0 atom stereocenters. The van der Waals surface area contributed by atoms with Crippen LogP contribution in [0.15, 0.2) is 34.1 Å². The Morgan fingerprint density at radius 1 is 1.42 bits per heavy atom. The van der Waals surface area contributed by atoms with Crippen molar-refractivity contribution in [2.45, 2.75) is 13.5 Å². The molecular formula is C13H12BrFN2OS. The molecule has 2 N–H and O–H groups in total. The van der Waals surface area contributed by atoms with Crippen molar-refractivity contribution in [1.29, 1.82) is 0 Å². The van der Waals surface area contributed by atoms with Crippen LogP contribution >= 0.6 is 27.3 Å². The summed E-state index contributed by atoms with van der Waals surface area (Å²) in [4.78, 5) is 12.0. The molecule has 0 fully saturated rings. The summed E-state index contributed by atoms with van der Waals surface area (Å²) in [5, 5.41) is 7.79. The van der Waals surface area contributed by atoms with Gasteiger partial charge in [0.25, 0.3) is 0 Å². The fourth-order valence-corrected chi connectivity index (χ4v) is 2.58. The Morgan fingerprint density at radius 2 is 2.21 bits per heavy atom. The number of amides is 1. The van der Waals surface area contributed by atoms with Crippen molar-refractivity contribution in [3.63, 3.8) is 0 Å². The van der Waals surface area contributed by atoms with E-state index in [1.807, 2.05) is 11.4 Å². The van der Waals surface area contributed by atoms with Crippen LogP contribution in [0.4, 0.5) is 15.8 Å². The van der Waals surface area contributed by atoms with Gasteiger partial charge in [0.15, 0.2) is 0 Å². The quantitative estimate of drug-likeness (QED) is 0.873. The van der Waals surface area contributed by atoms with Crippen LogP contribution in [-0.4, -0.2) is 5.91 Å². The molecule has 0 aliphatic heterocycles. The maximum absolute atomic E-state index is 13.4. The summed E-state index contributed by atoms with van der Waals surface area (Å²) < 4.78 is 13.8. The van der Waals surface area contributed by atoms with E-state index >= 15 is 0 Å². The summed E-state index contributed by atoms with van der Waals surface area (Å²) in [5.41, 5.74) is 1.49. The van der Waals surface area contributed by atoms with E-state index in [0.717, 1.165) is 10.6 Å². The first kappa shape index (κ1) is 14.0. The third-order valence-corrected chi connectivity index (χ3v) is 3.99. The topological polar surface area (TPSA) is 41.1 Å². The van der Waals surface area contributed by atoms with Gasteiger partial charge in [-0.15, -0.1) is 11.3 Å². The van der Waals surface area contributed by atoms with Crippen molar-refractivity contribution < 1.29 is 9.18 Å². The zero-order chi connectivity index (χ0) is 13.8. The van der Waals surface area contributed by atoms with E-state index < -0.39 is 0 Å². The Bertz CT molecular complexity index is 600. The van der Waals surface area contributed by atoms with Gasteiger partial charge < -0.3 is 10.6 Å². The number of anilines is 2. The van der Waals surface area contributed by atoms with Gasteiger partial charge in [0, 0.05) is 17.5 Å². The van der Waals surface area contributed by atoms with Crippen LogP contribution in [0.25, 0.3) is 0 Å². The lowest BCUT2D eigenvalue weighted by molar-refractivity contribution is -0.114. The molecule has 6 heteroatoms. The zero-order valence-electron chi connectivity index (χ0n) is 10.2. The van der Waals surface area contributed by atoms with E-state index in [2.05, 4.69) is 26.6 Å². The Kier molecular flexibility index (Phi) is 4.55. The van der Waals surface area contributed by atoms with E-state index in [0.29, 0.717) is 16.7 Å². The summed E-state index contributed by atoms with van der Waals surface area (Å²) in [7, 11) is 0. The fourth-order valence-electron chi connectivity index (χ4n) is 1.57. The largest absolute Gasteiger partial charge is 0.380 e. The molecule has 19 heavy (non-hydrogen) atoms. The summed E-state index contributed by atoms with van der Waals surface area (Å²) in [6.07, 6.45) is 0. The van der Waals surface area contributed by atoms with Crippen molar-refractivity contribution in [3.8, 4) is 0 Å². The highest BCUT2D eigenvalue weighted by molar-refractivity contribution is 9.10. The molecule has 1 amide bonds. The molecule has 1 aromatic carbocycles. The van der Waals surface area contributed by atoms with Gasteiger partial charge in [-0.3, -0.25) is 4.79 Å². The first-order valence-corrected chi connectivity index (χ1v) is 7.26. The predicted molar refractivity (Wildman–Crippen MR) is 80.0 cm³/mol. The molecule has 0 aliphatic rings. The minimum Gasteiger partial charge on any atom is -0.380 e. The van der Waals surface area contributed by atoms with Crippen molar-refractivity contribution in [2.24, 2.45) is 0 Å². The highest BCUT2D eigenvalue weighted by Crippen LogP contribution is 2.24. The van der Waals surface area contributed by atoms with Gasteiger partial charge in [0.2, 0.25) is 5.91 Å². The zero-order valence-corrected chi connectivity index (χ0v) is 12.6. The number of rotatable bonds is 4. The lowest BCUT2D eigenvalue weighted by Crippen LogP contribution is -2.08. The summed E-state index contributed by atoms with van der Waals surface area (Å²) in [6.45, 7) is 2.01. The maximum atomic E-state index is 13.4. The molecule has 0 bridgehead atoms. The van der Waals surface area contributed by atoms with Gasteiger partial charge in [-0.05, 0) is 45.6 Å². The Hall–Kier alpha value is -1.40. The molecule has 3 nitrogen and oxygen atoms in total. The summed E-state index contributed by atoms with van der Waals surface area (Å²) in [5.74, 6) is -0.410. The first-order valence-electron chi connectivity index (χ1n) is 5.59. The molecular weight excluding hydrogens is 331 g/mol. The molecule has 2 aromatic rings. The van der Waals surface area contributed by atoms with Crippen LogP contribution in [0.5, 0.6) is 0 Å². The SMILES string of the molecule is CC(=O)Nc1ccsc1CNc1ccc(Br)c(F)c1. The highest BCUT2D eigenvalue weighted by atomic mass is 79.9. The number of hydrogen-bond acceptors (Lipinski definition) is 3. The van der Waals surface area contributed by atoms with Gasteiger partial charge in [-0.2, -0.15) is 0 Å². The van der Waals surface area contributed by atoms with Gasteiger partial charge in [0.05, 0.1) is 16.7 Å². The normalized spacial score (nSPS) is 10.3. The molecule has 0 unspecified atom stereocenters. The number of benzene rings is 1. The minimum absolute atomic E-state index is 0.102. The van der Waals surface area contributed by atoms with Crippen molar-refractivity contribution in [1.82, 2.24) is 0 Å². The van der Waals surface area contributed by atoms with Gasteiger partial charge in [-0.1, -0.05) is 0 Å². The van der Waals surface area contributed by atoms with Crippen molar-refractivity contribution in [3.05, 3.63) is 44.8 Å². The van der Waals surface area contributed by atoms with E-state index in [1.54, 1.807) is 12.1 Å². The molecule has 0 aliphatic carbocycles. The van der Waals surface area contributed by atoms with E-state index in [4.69, 9.17) is 0 Å². The predicted octanol–water partition coefficient (Wildman–Crippen LogP) is 4.22. The fraction of sp³-hybridized carbons (Fsp3) is 0.154. The second-order valence-electron chi connectivity index (χ2n) is 3.92. The molecule has 100 valence electrons. The van der Waals surface area contributed by atoms with Crippen molar-refractivity contribution in [2.75, 3.05) is 10.6 Å². The van der Waals surface area contributed by atoms with Crippen LogP contribution in [0.1, 0.15) is 11.8 Å². The summed E-state index contributed by atoms with van der Waals surface area (Å²) in [6, 6.07) is 6.72. The smallest absolute Gasteiger partial charge is 0.221 e. The maximum Gasteiger partial charge on any atom is 0.221 e. The molecule has 2 rings (SSSR count). The Morgan fingerprint density at radius 3 is 2.89 bits per heavy atom. The van der Waals surface area contributed by atoms with Crippen LogP contribution in [0.2, 0.25) is 0 Å². The highest BCUT2D eigenvalue weighted by Gasteiger charge is 2.06. The number of nitrogens with one attached hydrogen (secondary N) is 2. The van der Waals surface area contributed by atoms with E-state index in [1.165, 1.54) is 24.3 Å². The molecule has 0 spiro atoms. The van der Waals surface area contributed by atoms with Crippen LogP contribution in [-0.2, 0) is 11.3 Å². The molecule has 0 radical (unpaired) electrons. The number of thiophene rings is 1. The second-order valence-corrected chi connectivity index (χ2v) is 5.78. The third-order valence-electron chi connectivity index (χ3n) is 2.43. The van der Waals surface area contributed by atoms with Gasteiger partial charge in [0.1, 0.15) is 5.82 Å². The van der Waals surface area contributed by atoms with E-state index in [-0.39, 0.29) is 11.7 Å². The Labute approximate surface area is 123 Å². The van der Waals surface area contributed by atoms with Gasteiger partial charge >= 0.3 is 0 Å². The standard InChI is InChI=1S/C13H12BrFN2OS/c1-8(18)17-12-4-5-19-13(12)7-16-9-2-3-10(14)11(15)6-9/h2-6,16H,7H2,1H3,(H,17,18). The number of halogens is 2. The molecule has 0 saturated carbocycles. The average molecular weight is 343 g/mol. The molecule has 1 aromatic heterocycles. The van der Waals surface area contributed by atoms with Crippen LogP contribution < -0.4 is 10.6 Å². The van der Waals surface area contributed by atoms with Crippen molar-refractivity contribution >= 4 is 44.5 Å². The number of hydrogen-bond donors (Lipinski definition) is 2.